The normalized spacial score (nSPS) is 19.9. The fraction of sp³-hybridized carbons (Fsp3) is 0.500. The smallest absolute Gasteiger partial charge is 0.224 e. The zero-order chi connectivity index (χ0) is 12.1. The Morgan fingerprint density at radius 3 is 3.24 bits per heavy atom. The van der Waals surface area contributed by atoms with Crippen molar-refractivity contribution in [3.63, 3.8) is 0 Å². The average molecular weight is 237 g/mol. The highest BCUT2D eigenvalue weighted by Gasteiger charge is 2.17. The molecule has 0 spiro atoms. The first kappa shape index (κ1) is 12.0. The van der Waals surface area contributed by atoms with Crippen molar-refractivity contribution < 1.29 is 9.18 Å². The molecule has 92 valence electrons. The SMILES string of the molecule is O=C(CC1CCCNC1)Nc1ccncc1F. The van der Waals surface area contributed by atoms with Crippen LogP contribution in [0, 0.1) is 11.7 Å². The van der Waals surface area contributed by atoms with Crippen LogP contribution in [0.4, 0.5) is 10.1 Å². The van der Waals surface area contributed by atoms with Gasteiger partial charge in [0.15, 0.2) is 5.82 Å². The van der Waals surface area contributed by atoms with E-state index in [0.29, 0.717) is 12.3 Å². The van der Waals surface area contributed by atoms with Gasteiger partial charge in [-0.1, -0.05) is 0 Å². The van der Waals surface area contributed by atoms with Crippen molar-refractivity contribution in [1.29, 1.82) is 0 Å². The zero-order valence-corrected chi connectivity index (χ0v) is 9.58. The lowest BCUT2D eigenvalue weighted by molar-refractivity contribution is -0.117. The minimum absolute atomic E-state index is 0.135. The molecule has 1 aromatic rings. The molecule has 2 N–H and O–H groups in total. The highest BCUT2D eigenvalue weighted by Crippen LogP contribution is 2.16. The van der Waals surface area contributed by atoms with Crippen molar-refractivity contribution in [2.24, 2.45) is 5.92 Å². The first-order valence-electron chi connectivity index (χ1n) is 5.86. The summed E-state index contributed by atoms with van der Waals surface area (Å²) in [7, 11) is 0. The molecule has 1 aliphatic heterocycles. The molecule has 17 heavy (non-hydrogen) atoms. The Balaban J connectivity index is 1.86. The number of pyridine rings is 1. The maximum Gasteiger partial charge on any atom is 0.224 e. The summed E-state index contributed by atoms with van der Waals surface area (Å²) >= 11 is 0. The summed E-state index contributed by atoms with van der Waals surface area (Å²) in [6, 6.07) is 1.46. The Hall–Kier alpha value is -1.49. The van der Waals surface area contributed by atoms with Crippen molar-refractivity contribution in [2.45, 2.75) is 19.3 Å². The highest BCUT2D eigenvalue weighted by atomic mass is 19.1. The van der Waals surface area contributed by atoms with Gasteiger partial charge in [-0.3, -0.25) is 9.78 Å². The number of nitrogens with zero attached hydrogens (tertiary/aromatic N) is 1. The van der Waals surface area contributed by atoms with Gasteiger partial charge in [0.05, 0.1) is 11.9 Å². The van der Waals surface area contributed by atoms with Crippen molar-refractivity contribution >= 4 is 11.6 Å². The fourth-order valence-corrected chi connectivity index (χ4v) is 2.04. The van der Waals surface area contributed by atoms with Gasteiger partial charge in [0.25, 0.3) is 0 Å². The van der Waals surface area contributed by atoms with E-state index < -0.39 is 5.82 Å². The Labute approximate surface area is 99.6 Å². The summed E-state index contributed by atoms with van der Waals surface area (Å²) in [5, 5.41) is 5.83. The number of aromatic nitrogens is 1. The van der Waals surface area contributed by atoms with Gasteiger partial charge in [-0.25, -0.2) is 4.39 Å². The van der Waals surface area contributed by atoms with Gasteiger partial charge in [0, 0.05) is 12.6 Å². The van der Waals surface area contributed by atoms with Crippen LogP contribution < -0.4 is 10.6 Å². The number of carbonyl (C=O) groups is 1. The molecule has 0 aromatic carbocycles. The molecular weight excluding hydrogens is 221 g/mol. The average Bonchev–Trinajstić information content (AvgIpc) is 2.33. The standard InChI is InChI=1S/C12H16FN3O/c13-10-8-15-5-3-11(10)16-12(17)6-9-2-1-4-14-7-9/h3,5,8-9,14H,1-2,4,6-7H2,(H,15,16,17). The van der Waals surface area contributed by atoms with E-state index in [-0.39, 0.29) is 11.6 Å². The number of piperidine rings is 1. The number of hydrogen-bond donors (Lipinski definition) is 2. The summed E-state index contributed by atoms with van der Waals surface area (Å²) in [6.45, 7) is 1.89. The van der Waals surface area contributed by atoms with E-state index in [1.165, 1.54) is 12.3 Å². The molecule has 5 heteroatoms. The Bertz CT molecular complexity index is 391. The molecule has 1 amide bonds. The van der Waals surface area contributed by atoms with Crippen LogP contribution in [0.2, 0.25) is 0 Å². The lowest BCUT2D eigenvalue weighted by Gasteiger charge is -2.22. The largest absolute Gasteiger partial charge is 0.323 e. The van der Waals surface area contributed by atoms with Gasteiger partial charge in [-0.05, 0) is 37.9 Å². The van der Waals surface area contributed by atoms with Gasteiger partial charge >= 0.3 is 0 Å². The van der Waals surface area contributed by atoms with Crippen molar-refractivity contribution in [3.8, 4) is 0 Å². The molecule has 0 radical (unpaired) electrons. The fourth-order valence-electron chi connectivity index (χ4n) is 2.04. The molecule has 0 aliphatic carbocycles. The summed E-state index contributed by atoms with van der Waals surface area (Å²) in [5.41, 5.74) is 0.203. The number of rotatable bonds is 3. The molecule has 0 bridgehead atoms. The molecule has 1 fully saturated rings. The summed E-state index contributed by atoms with van der Waals surface area (Å²) < 4.78 is 13.2. The zero-order valence-electron chi connectivity index (χ0n) is 9.58. The van der Waals surface area contributed by atoms with Crippen molar-refractivity contribution in [1.82, 2.24) is 10.3 Å². The molecule has 1 aliphatic rings. The number of hydrogen-bond acceptors (Lipinski definition) is 3. The number of carbonyl (C=O) groups excluding carboxylic acids is 1. The van der Waals surface area contributed by atoms with E-state index in [9.17, 15) is 9.18 Å². The van der Waals surface area contributed by atoms with E-state index >= 15 is 0 Å². The highest BCUT2D eigenvalue weighted by molar-refractivity contribution is 5.90. The van der Waals surface area contributed by atoms with E-state index in [0.717, 1.165) is 32.1 Å². The number of anilines is 1. The molecular formula is C12H16FN3O. The van der Waals surface area contributed by atoms with E-state index in [4.69, 9.17) is 0 Å². The van der Waals surface area contributed by atoms with Crippen LogP contribution in [0.5, 0.6) is 0 Å². The maximum atomic E-state index is 13.2. The van der Waals surface area contributed by atoms with Crippen LogP contribution in [0.1, 0.15) is 19.3 Å². The van der Waals surface area contributed by atoms with Gasteiger partial charge in [-0.2, -0.15) is 0 Å². The molecule has 1 aromatic heterocycles. The van der Waals surface area contributed by atoms with Crippen LogP contribution >= 0.6 is 0 Å². The maximum absolute atomic E-state index is 13.2. The first-order chi connectivity index (χ1) is 8.25. The van der Waals surface area contributed by atoms with Gasteiger partial charge in [0.2, 0.25) is 5.91 Å². The van der Waals surface area contributed by atoms with E-state index in [2.05, 4.69) is 15.6 Å². The van der Waals surface area contributed by atoms with Gasteiger partial charge in [0.1, 0.15) is 0 Å². The molecule has 2 rings (SSSR count). The molecule has 2 heterocycles. The number of amides is 1. The van der Waals surface area contributed by atoms with Crippen LogP contribution in [-0.2, 0) is 4.79 Å². The Morgan fingerprint density at radius 2 is 2.53 bits per heavy atom. The molecule has 1 atom stereocenters. The Morgan fingerprint density at radius 1 is 1.65 bits per heavy atom. The number of nitrogens with one attached hydrogen (secondary N) is 2. The third kappa shape index (κ3) is 3.49. The van der Waals surface area contributed by atoms with Crippen LogP contribution in [0.25, 0.3) is 0 Å². The van der Waals surface area contributed by atoms with E-state index in [1.54, 1.807) is 0 Å². The van der Waals surface area contributed by atoms with Gasteiger partial charge < -0.3 is 10.6 Å². The van der Waals surface area contributed by atoms with Crippen molar-refractivity contribution in [3.05, 3.63) is 24.3 Å². The third-order valence-corrected chi connectivity index (χ3v) is 2.92. The molecule has 1 unspecified atom stereocenters. The summed E-state index contributed by atoms with van der Waals surface area (Å²) in [5.74, 6) is -0.278. The number of halogens is 1. The predicted octanol–water partition coefficient (Wildman–Crippen LogP) is 1.55. The van der Waals surface area contributed by atoms with Gasteiger partial charge in [-0.15, -0.1) is 0 Å². The second kappa shape index (κ2) is 5.72. The minimum atomic E-state index is -0.498. The molecule has 0 saturated carbocycles. The monoisotopic (exact) mass is 237 g/mol. The lowest BCUT2D eigenvalue weighted by Crippen LogP contribution is -2.32. The first-order valence-corrected chi connectivity index (χ1v) is 5.86. The lowest BCUT2D eigenvalue weighted by atomic mass is 9.96. The predicted molar refractivity (Wildman–Crippen MR) is 63.0 cm³/mol. The summed E-state index contributed by atoms with van der Waals surface area (Å²) in [4.78, 5) is 15.3. The summed E-state index contributed by atoms with van der Waals surface area (Å²) in [6.07, 6.45) is 5.15. The molecule has 1 saturated heterocycles. The minimum Gasteiger partial charge on any atom is -0.323 e. The topological polar surface area (TPSA) is 54.0 Å². The third-order valence-electron chi connectivity index (χ3n) is 2.92. The second-order valence-corrected chi connectivity index (χ2v) is 4.32. The second-order valence-electron chi connectivity index (χ2n) is 4.32. The van der Waals surface area contributed by atoms with Crippen LogP contribution in [0.3, 0.4) is 0 Å². The van der Waals surface area contributed by atoms with Crippen LogP contribution in [-0.4, -0.2) is 24.0 Å². The van der Waals surface area contributed by atoms with E-state index in [1.807, 2.05) is 0 Å². The Kier molecular flexibility index (Phi) is 4.03. The molecule has 4 nitrogen and oxygen atoms in total. The van der Waals surface area contributed by atoms with Crippen LogP contribution in [0.15, 0.2) is 18.5 Å². The van der Waals surface area contributed by atoms with Crippen molar-refractivity contribution in [2.75, 3.05) is 18.4 Å². The quantitative estimate of drug-likeness (QED) is 0.838.